The van der Waals surface area contributed by atoms with Crippen LogP contribution in [0, 0.1) is 5.92 Å². The molecule has 2 aliphatic rings. The van der Waals surface area contributed by atoms with Crippen LogP contribution in [0.4, 0.5) is 0 Å². The highest BCUT2D eigenvalue weighted by Gasteiger charge is 2.41. The van der Waals surface area contributed by atoms with Gasteiger partial charge >= 0.3 is 5.97 Å². The Morgan fingerprint density at radius 2 is 2.10 bits per heavy atom. The van der Waals surface area contributed by atoms with Crippen LogP contribution in [0.15, 0.2) is 0 Å². The maximum Gasteiger partial charge on any atom is 0.324 e. The first kappa shape index (κ1) is 16.7. The summed E-state index contributed by atoms with van der Waals surface area (Å²) in [5, 5.41) is 0. The number of hydrogen-bond donors (Lipinski definition) is 2. The van der Waals surface area contributed by atoms with Gasteiger partial charge in [-0.3, -0.25) is 4.79 Å². The zero-order chi connectivity index (χ0) is 15.5. The summed E-state index contributed by atoms with van der Waals surface area (Å²) in [4.78, 5) is 11.9. The lowest BCUT2D eigenvalue weighted by Crippen LogP contribution is -2.51. The Morgan fingerprint density at radius 3 is 2.76 bits per heavy atom. The summed E-state index contributed by atoms with van der Waals surface area (Å²) in [5.74, 6) is -0.273. The zero-order valence-electron chi connectivity index (χ0n) is 12.5. The molecule has 2 rings (SSSR count). The number of carbonyl (C=O) groups excluding carboxylic acids is 1. The molecule has 0 spiro atoms. The summed E-state index contributed by atoms with van der Waals surface area (Å²) in [6.07, 6.45) is 3.93. The van der Waals surface area contributed by atoms with Crippen molar-refractivity contribution in [3.63, 3.8) is 0 Å². The van der Waals surface area contributed by atoms with Crippen LogP contribution in [0.25, 0.3) is 0 Å². The zero-order valence-corrected chi connectivity index (χ0v) is 13.3. The van der Waals surface area contributed by atoms with E-state index in [1.54, 1.807) is 6.92 Å². The van der Waals surface area contributed by atoms with Crippen LogP contribution in [0.5, 0.6) is 0 Å². The minimum absolute atomic E-state index is 0.122. The van der Waals surface area contributed by atoms with E-state index < -0.39 is 22.2 Å². The molecule has 0 radical (unpaired) electrons. The predicted octanol–water partition coefficient (Wildman–Crippen LogP) is -0.0243. The number of nitrogens with one attached hydrogen (secondary N) is 1. The molecule has 1 aliphatic carbocycles. The molecule has 2 fully saturated rings. The molecule has 7 nitrogen and oxygen atoms in total. The Hall–Kier alpha value is -0.700. The third-order valence-corrected chi connectivity index (χ3v) is 5.99. The number of ether oxygens (including phenoxy) is 1. The number of rotatable bonds is 6. The van der Waals surface area contributed by atoms with Crippen molar-refractivity contribution in [3.8, 4) is 0 Å². The van der Waals surface area contributed by atoms with Crippen molar-refractivity contribution < 1.29 is 17.9 Å². The molecule has 0 bridgehead atoms. The molecular formula is C13H25N3O4S. The SMILES string of the molecule is CCOC(=O)C1CCCN1S(=O)(=O)NC1CCCC1CN. The second kappa shape index (κ2) is 7.04. The summed E-state index contributed by atoms with van der Waals surface area (Å²) in [6.45, 7) is 2.82. The number of carbonyl (C=O) groups is 1. The molecule has 0 amide bonds. The second-order valence-corrected chi connectivity index (χ2v) is 7.33. The van der Waals surface area contributed by atoms with Crippen LogP contribution in [-0.2, 0) is 19.7 Å². The fraction of sp³-hybridized carbons (Fsp3) is 0.923. The van der Waals surface area contributed by atoms with Gasteiger partial charge in [-0.25, -0.2) is 0 Å². The summed E-state index contributed by atoms with van der Waals surface area (Å²) in [5.41, 5.74) is 5.69. The van der Waals surface area contributed by atoms with E-state index >= 15 is 0 Å². The third kappa shape index (κ3) is 3.74. The number of esters is 1. The maximum atomic E-state index is 12.5. The van der Waals surface area contributed by atoms with Crippen molar-refractivity contribution in [2.45, 2.75) is 51.1 Å². The molecule has 21 heavy (non-hydrogen) atoms. The van der Waals surface area contributed by atoms with E-state index in [9.17, 15) is 13.2 Å². The van der Waals surface area contributed by atoms with Crippen LogP contribution >= 0.6 is 0 Å². The predicted molar refractivity (Wildman–Crippen MR) is 78.6 cm³/mol. The number of nitrogens with two attached hydrogens (primary N) is 1. The van der Waals surface area contributed by atoms with Crippen LogP contribution in [0.1, 0.15) is 39.0 Å². The van der Waals surface area contributed by atoms with Gasteiger partial charge in [0.1, 0.15) is 6.04 Å². The van der Waals surface area contributed by atoms with Crippen molar-refractivity contribution in [1.29, 1.82) is 0 Å². The van der Waals surface area contributed by atoms with Crippen LogP contribution in [0.2, 0.25) is 0 Å². The van der Waals surface area contributed by atoms with Gasteiger partial charge in [-0.15, -0.1) is 0 Å². The fourth-order valence-corrected chi connectivity index (χ4v) is 4.96. The lowest BCUT2D eigenvalue weighted by Gasteiger charge is -2.26. The van der Waals surface area contributed by atoms with Gasteiger partial charge in [0, 0.05) is 12.6 Å². The Balaban J connectivity index is 2.05. The highest BCUT2D eigenvalue weighted by Crippen LogP contribution is 2.27. The topological polar surface area (TPSA) is 102 Å². The van der Waals surface area contributed by atoms with Gasteiger partial charge in [0.15, 0.2) is 0 Å². The van der Waals surface area contributed by atoms with Crippen LogP contribution in [-0.4, -0.2) is 50.5 Å². The molecule has 1 saturated carbocycles. The van der Waals surface area contributed by atoms with E-state index in [2.05, 4.69) is 4.72 Å². The average molecular weight is 319 g/mol. The summed E-state index contributed by atoms with van der Waals surface area (Å²) in [7, 11) is -3.67. The molecule has 3 unspecified atom stereocenters. The van der Waals surface area contributed by atoms with Crippen molar-refractivity contribution in [2.24, 2.45) is 11.7 Å². The Morgan fingerprint density at radius 1 is 1.33 bits per heavy atom. The summed E-state index contributed by atoms with van der Waals surface area (Å²) < 4.78 is 34.0. The highest BCUT2D eigenvalue weighted by atomic mass is 32.2. The van der Waals surface area contributed by atoms with Gasteiger partial charge in [0.25, 0.3) is 10.2 Å². The van der Waals surface area contributed by atoms with E-state index in [-0.39, 0.29) is 18.6 Å². The van der Waals surface area contributed by atoms with Gasteiger partial charge in [-0.05, 0) is 45.1 Å². The van der Waals surface area contributed by atoms with Crippen molar-refractivity contribution in [3.05, 3.63) is 0 Å². The minimum Gasteiger partial charge on any atom is -0.465 e. The monoisotopic (exact) mass is 319 g/mol. The van der Waals surface area contributed by atoms with Crippen molar-refractivity contribution in [2.75, 3.05) is 19.7 Å². The average Bonchev–Trinajstić information content (AvgIpc) is 3.06. The lowest BCUT2D eigenvalue weighted by molar-refractivity contribution is -0.146. The van der Waals surface area contributed by atoms with E-state index in [1.807, 2.05) is 0 Å². The van der Waals surface area contributed by atoms with Gasteiger partial charge < -0.3 is 10.5 Å². The Bertz CT molecular complexity index is 468. The van der Waals surface area contributed by atoms with Crippen molar-refractivity contribution >= 4 is 16.2 Å². The van der Waals surface area contributed by atoms with E-state index in [1.165, 1.54) is 4.31 Å². The molecule has 3 atom stereocenters. The fourth-order valence-electron chi connectivity index (χ4n) is 3.23. The highest BCUT2D eigenvalue weighted by molar-refractivity contribution is 7.87. The summed E-state index contributed by atoms with van der Waals surface area (Å²) in [6, 6.07) is -0.816. The largest absolute Gasteiger partial charge is 0.465 e. The molecule has 8 heteroatoms. The molecule has 1 aliphatic heterocycles. The summed E-state index contributed by atoms with van der Waals surface area (Å²) >= 11 is 0. The number of nitrogens with zero attached hydrogens (tertiary/aromatic N) is 1. The normalized spacial score (nSPS) is 30.7. The van der Waals surface area contributed by atoms with Gasteiger partial charge in [-0.1, -0.05) is 6.42 Å². The van der Waals surface area contributed by atoms with Crippen LogP contribution < -0.4 is 10.5 Å². The molecule has 0 aromatic rings. The van der Waals surface area contributed by atoms with E-state index in [0.717, 1.165) is 19.3 Å². The number of hydrogen-bond acceptors (Lipinski definition) is 5. The standard InChI is InChI=1S/C13H25N3O4S/c1-2-20-13(17)12-7-4-8-16(12)21(18,19)15-11-6-3-5-10(11)9-14/h10-12,15H,2-9,14H2,1H3. The molecule has 122 valence electrons. The molecule has 1 heterocycles. The van der Waals surface area contributed by atoms with E-state index in [4.69, 9.17) is 10.5 Å². The molecule has 1 saturated heterocycles. The Kier molecular flexibility index (Phi) is 5.59. The van der Waals surface area contributed by atoms with Crippen LogP contribution in [0.3, 0.4) is 0 Å². The smallest absolute Gasteiger partial charge is 0.324 e. The van der Waals surface area contributed by atoms with Crippen molar-refractivity contribution in [1.82, 2.24) is 9.03 Å². The van der Waals surface area contributed by atoms with Gasteiger partial charge in [0.05, 0.1) is 6.61 Å². The molecule has 0 aromatic heterocycles. The quantitative estimate of drug-likeness (QED) is 0.670. The first-order chi connectivity index (χ1) is 9.99. The lowest BCUT2D eigenvalue weighted by atomic mass is 10.1. The van der Waals surface area contributed by atoms with E-state index in [0.29, 0.717) is 25.9 Å². The molecular weight excluding hydrogens is 294 g/mol. The molecule has 3 N–H and O–H groups in total. The Labute approximate surface area is 126 Å². The third-order valence-electron chi connectivity index (χ3n) is 4.33. The van der Waals surface area contributed by atoms with Gasteiger partial charge in [0.2, 0.25) is 0 Å². The maximum absolute atomic E-state index is 12.5. The first-order valence-electron chi connectivity index (χ1n) is 7.65. The second-order valence-electron chi connectivity index (χ2n) is 5.68. The van der Waals surface area contributed by atoms with Gasteiger partial charge in [-0.2, -0.15) is 17.4 Å². The minimum atomic E-state index is -3.67. The molecule has 0 aromatic carbocycles. The first-order valence-corrected chi connectivity index (χ1v) is 9.09.